The molecule has 3 heterocycles. The molecule has 5 nitrogen and oxygen atoms in total. The molecule has 0 aliphatic carbocycles. The van der Waals surface area contributed by atoms with Gasteiger partial charge in [-0.2, -0.15) is 0 Å². The molecule has 1 aliphatic rings. The van der Waals surface area contributed by atoms with Crippen LogP contribution in [-0.4, -0.2) is 19.1 Å². The predicted octanol–water partition coefficient (Wildman–Crippen LogP) is 6.16. The van der Waals surface area contributed by atoms with Crippen LogP contribution >= 0.6 is 0 Å². The zero-order valence-corrected chi connectivity index (χ0v) is 22.3. The molecule has 0 spiro atoms. The Bertz CT molecular complexity index is 1540. The van der Waals surface area contributed by atoms with E-state index in [0.29, 0.717) is 18.2 Å². The van der Waals surface area contributed by atoms with Gasteiger partial charge in [-0.1, -0.05) is 23.8 Å². The Labute approximate surface area is 219 Å². The zero-order valence-electron chi connectivity index (χ0n) is 20.0. The van der Waals surface area contributed by atoms with Crippen LogP contribution in [0.25, 0.3) is 28.2 Å². The molecule has 8 bridgehead atoms. The van der Waals surface area contributed by atoms with Crippen LogP contribution in [0.2, 0.25) is 0 Å². The monoisotopic (exact) mass is 639 g/mol. The van der Waals surface area contributed by atoms with E-state index in [0.717, 1.165) is 39.6 Å². The predicted molar refractivity (Wildman–Crippen MR) is 132 cm³/mol. The Hall–Kier alpha value is -3.43. The quantitative estimate of drug-likeness (QED) is 0.203. The molecule has 2 aromatic heterocycles. The van der Waals surface area contributed by atoms with Crippen LogP contribution in [0.15, 0.2) is 60.9 Å². The molecule has 0 unspecified atom stereocenters. The minimum atomic E-state index is 0. The first-order valence-electron chi connectivity index (χ1n) is 11.4. The molecule has 0 N–H and O–H groups in total. The van der Waals surface area contributed by atoms with Gasteiger partial charge in [0, 0.05) is 30.6 Å². The molecule has 0 amide bonds. The Morgan fingerprint density at radius 1 is 0.857 bits per heavy atom. The number of hydrogen-bond donors (Lipinski definition) is 0. The fraction of sp³-hybridized carbons (Fsp3) is 0.172. The first-order valence-corrected chi connectivity index (χ1v) is 11.4. The third-order valence-corrected chi connectivity index (χ3v) is 6.25. The second-order valence-corrected chi connectivity index (χ2v) is 8.98. The third kappa shape index (κ3) is 4.26. The van der Waals surface area contributed by atoms with Crippen LogP contribution in [0.3, 0.4) is 0 Å². The molecule has 6 heteroatoms. The molecule has 0 atom stereocenters. The molecule has 35 heavy (non-hydrogen) atoms. The summed E-state index contributed by atoms with van der Waals surface area (Å²) in [5, 5.41) is 0. The van der Waals surface area contributed by atoms with Gasteiger partial charge in [0.2, 0.25) is 0 Å². The summed E-state index contributed by atoms with van der Waals surface area (Å²) in [6.07, 6.45) is 4.76. The molecule has 0 radical (unpaired) electrons. The molecular weight excluding hydrogens is 615 g/mol. The first kappa shape index (κ1) is 23.3. The van der Waals surface area contributed by atoms with E-state index >= 15 is 0 Å². The topological polar surface area (TPSA) is 44.9 Å². The van der Waals surface area contributed by atoms with E-state index in [-0.39, 0.29) is 21.1 Å². The number of hydrogen-bond acceptors (Lipinski definition) is 3. The molecule has 176 valence electrons. The van der Waals surface area contributed by atoms with Crippen molar-refractivity contribution < 1.29 is 25.8 Å². The van der Waals surface area contributed by atoms with E-state index in [1.54, 1.807) is 0 Å². The van der Waals surface area contributed by atoms with Gasteiger partial charge in [-0.05, 0) is 44.3 Å². The second-order valence-electron chi connectivity index (χ2n) is 8.98. The molecule has 0 fully saturated rings. The standard InChI is InChI=1S/C29H24N4O.Pt/c1-18-11-19(2)28(20(3)12-18)33-17-26-22-8-5-7-21(13-22)14-27-30-25(16-32(27)4)23-9-6-10-24(15-23)34-29(33)31-26;/h5-12,16-17H,14H2,1-4H3;/q-2;+2. The molecule has 6 rings (SSSR count). The maximum Gasteiger partial charge on any atom is 2.00 e. The Morgan fingerprint density at radius 3 is 2.31 bits per heavy atom. The van der Waals surface area contributed by atoms with Gasteiger partial charge < -0.3 is 9.30 Å². The van der Waals surface area contributed by atoms with Crippen LogP contribution in [-0.2, 0) is 34.5 Å². The van der Waals surface area contributed by atoms with E-state index in [4.69, 9.17) is 14.7 Å². The summed E-state index contributed by atoms with van der Waals surface area (Å²) in [6, 6.07) is 23.8. The Balaban J connectivity index is 0.00000253. The number of imidazole rings is 2. The summed E-state index contributed by atoms with van der Waals surface area (Å²) >= 11 is 0. The molecule has 0 saturated heterocycles. The molecule has 0 saturated carbocycles. The van der Waals surface area contributed by atoms with Crippen molar-refractivity contribution in [1.29, 1.82) is 0 Å². The number of fused-ring (bicyclic) bond motifs is 10. The minimum Gasteiger partial charge on any atom is -0.446 e. The van der Waals surface area contributed by atoms with Gasteiger partial charge in [-0.15, -0.1) is 59.2 Å². The van der Waals surface area contributed by atoms with Gasteiger partial charge in [0.15, 0.2) is 0 Å². The van der Waals surface area contributed by atoms with E-state index < -0.39 is 0 Å². The zero-order chi connectivity index (χ0) is 23.4. The largest absolute Gasteiger partial charge is 2.00 e. The second kappa shape index (κ2) is 8.98. The number of aryl methyl sites for hydroxylation is 4. The Morgan fingerprint density at radius 2 is 1.54 bits per heavy atom. The van der Waals surface area contributed by atoms with Crippen molar-refractivity contribution in [1.82, 2.24) is 19.1 Å². The van der Waals surface area contributed by atoms with E-state index in [1.807, 2.05) is 48.3 Å². The van der Waals surface area contributed by atoms with Crippen molar-refractivity contribution in [2.45, 2.75) is 27.2 Å². The molecule has 5 aromatic rings. The summed E-state index contributed by atoms with van der Waals surface area (Å²) in [4.78, 5) is 9.78. The number of nitrogens with zero attached hydrogens (tertiary/aromatic N) is 4. The van der Waals surface area contributed by atoms with Crippen molar-refractivity contribution in [3.05, 3.63) is 101 Å². The van der Waals surface area contributed by atoms with Crippen molar-refractivity contribution in [3.63, 3.8) is 0 Å². The smallest absolute Gasteiger partial charge is 0.446 e. The molecule has 3 aromatic carbocycles. The number of ether oxygens (including phenoxy) is 1. The van der Waals surface area contributed by atoms with Crippen molar-refractivity contribution in [2.75, 3.05) is 0 Å². The number of rotatable bonds is 1. The maximum absolute atomic E-state index is 6.37. The van der Waals surface area contributed by atoms with Gasteiger partial charge in [-0.3, -0.25) is 9.55 Å². The number of aromatic nitrogens is 4. The summed E-state index contributed by atoms with van der Waals surface area (Å²) in [7, 11) is 2.02. The van der Waals surface area contributed by atoms with Crippen LogP contribution in [0.1, 0.15) is 28.1 Å². The summed E-state index contributed by atoms with van der Waals surface area (Å²) in [5.74, 6) is 1.57. The SMILES string of the molecule is Cc1cc(C)c(-n2cc3nc2Oc2[c-]c(ccc2)-c2cn(C)c(n2)Cc2[c-]c-3ccc2)c(C)c1.[Pt+2]. The van der Waals surface area contributed by atoms with Gasteiger partial charge in [0.25, 0.3) is 6.01 Å². The van der Waals surface area contributed by atoms with Gasteiger partial charge >= 0.3 is 21.1 Å². The van der Waals surface area contributed by atoms with E-state index in [1.165, 1.54) is 16.7 Å². The van der Waals surface area contributed by atoms with Gasteiger partial charge in [0.05, 0.1) is 5.69 Å². The van der Waals surface area contributed by atoms with Crippen molar-refractivity contribution >= 4 is 0 Å². The molecular formula is C29H24N4OPt. The Kier molecular flexibility index (Phi) is 5.98. The normalized spacial score (nSPS) is 11.9. The van der Waals surface area contributed by atoms with Crippen molar-refractivity contribution in [3.8, 4) is 40.0 Å². The minimum absolute atomic E-state index is 0. The molecule has 1 aliphatic heterocycles. The average molecular weight is 640 g/mol. The van der Waals surface area contributed by atoms with Crippen molar-refractivity contribution in [2.24, 2.45) is 7.05 Å². The van der Waals surface area contributed by atoms with Gasteiger partial charge in [-0.25, -0.2) is 4.98 Å². The van der Waals surface area contributed by atoms with Crippen LogP contribution in [0.5, 0.6) is 11.8 Å². The van der Waals surface area contributed by atoms with E-state index in [9.17, 15) is 0 Å². The van der Waals surface area contributed by atoms with Gasteiger partial charge in [0.1, 0.15) is 5.82 Å². The fourth-order valence-corrected chi connectivity index (χ4v) is 4.77. The maximum atomic E-state index is 6.37. The fourth-order valence-electron chi connectivity index (χ4n) is 4.77. The number of benzene rings is 3. The van der Waals surface area contributed by atoms with Crippen LogP contribution < -0.4 is 4.74 Å². The average Bonchev–Trinajstić information content (AvgIpc) is 3.37. The van der Waals surface area contributed by atoms with Crippen LogP contribution in [0, 0.1) is 32.9 Å². The first-order chi connectivity index (χ1) is 16.4. The van der Waals surface area contributed by atoms with E-state index in [2.05, 4.69) is 61.7 Å². The summed E-state index contributed by atoms with van der Waals surface area (Å²) in [6.45, 7) is 6.37. The van der Waals surface area contributed by atoms with Crippen LogP contribution in [0.4, 0.5) is 0 Å². The summed E-state index contributed by atoms with van der Waals surface area (Å²) < 4.78 is 10.5. The third-order valence-electron chi connectivity index (χ3n) is 6.25. The summed E-state index contributed by atoms with van der Waals surface area (Å²) in [5.41, 5.74) is 9.19.